The largest absolute Gasteiger partial charge is 0.497 e. The van der Waals surface area contributed by atoms with Crippen molar-refractivity contribution in [1.82, 2.24) is 15.0 Å². The van der Waals surface area contributed by atoms with E-state index in [1.807, 2.05) is 24.3 Å². The van der Waals surface area contributed by atoms with Crippen molar-refractivity contribution in [2.24, 2.45) is 0 Å². The van der Waals surface area contributed by atoms with Crippen LogP contribution in [-0.2, 0) is 6.42 Å². The molecule has 0 saturated carbocycles. The molecule has 0 bridgehead atoms. The lowest BCUT2D eigenvalue weighted by Crippen LogP contribution is -2.03. The first-order valence-electron chi connectivity index (χ1n) is 6.37. The molecule has 6 heteroatoms. The molecule has 0 radical (unpaired) electrons. The van der Waals surface area contributed by atoms with E-state index < -0.39 is 0 Å². The van der Waals surface area contributed by atoms with Crippen molar-refractivity contribution in [2.45, 2.75) is 6.42 Å². The van der Waals surface area contributed by atoms with Gasteiger partial charge in [0.1, 0.15) is 16.4 Å². The van der Waals surface area contributed by atoms with Gasteiger partial charge in [-0.25, -0.2) is 15.0 Å². The smallest absolute Gasteiger partial charge is 0.220 e. The molecule has 0 saturated heterocycles. The Morgan fingerprint density at radius 2 is 1.81 bits per heavy atom. The van der Waals surface area contributed by atoms with E-state index >= 15 is 0 Å². The number of rotatable bonds is 3. The second-order valence-electron chi connectivity index (χ2n) is 4.56. The summed E-state index contributed by atoms with van der Waals surface area (Å²) in [6.07, 6.45) is 0.598. The monoisotopic (exact) mass is 300 g/mol. The minimum atomic E-state index is 0.232. The molecule has 2 aromatic heterocycles. The lowest BCUT2D eigenvalue weighted by molar-refractivity contribution is 0.414. The zero-order valence-electron chi connectivity index (χ0n) is 11.4. The fourth-order valence-corrected chi connectivity index (χ4v) is 2.28. The fourth-order valence-electron chi connectivity index (χ4n) is 2.13. The molecule has 0 amide bonds. The van der Waals surface area contributed by atoms with Crippen LogP contribution in [0, 0.1) is 0 Å². The average molecular weight is 301 g/mol. The van der Waals surface area contributed by atoms with Gasteiger partial charge in [-0.3, -0.25) is 0 Å². The topological polar surface area (TPSA) is 73.9 Å². The molecule has 0 aliphatic heterocycles. The van der Waals surface area contributed by atoms with Gasteiger partial charge in [0.15, 0.2) is 0 Å². The van der Waals surface area contributed by atoms with Crippen LogP contribution < -0.4 is 10.5 Å². The average Bonchev–Trinajstić information content (AvgIpc) is 2.49. The number of aromatic nitrogens is 3. The summed E-state index contributed by atoms with van der Waals surface area (Å²) in [5.74, 6) is 1.04. The fraction of sp³-hybridized carbons (Fsp3) is 0.133. The van der Waals surface area contributed by atoms with Crippen molar-refractivity contribution < 1.29 is 4.74 Å². The SMILES string of the molecule is COc1ccc(Cc2nc(N)nc3ccc(Cl)nc23)cc1. The van der Waals surface area contributed by atoms with Crippen molar-refractivity contribution >= 4 is 28.6 Å². The van der Waals surface area contributed by atoms with Crippen LogP contribution in [0.1, 0.15) is 11.3 Å². The molecule has 3 rings (SSSR count). The van der Waals surface area contributed by atoms with E-state index in [4.69, 9.17) is 22.1 Å². The highest BCUT2D eigenvalue weighted by Gasteiger charge is 2.09. The Bertz CT molecular complexity index is 790. The maximum absolute atomic E-state index is 5.96. The van der Waals surface area contributed by atoms with Crippen LogP contribution in [-0.4, -0.2) is 22.1 Å². The molecule has 0 fully saturated rings. The van der Waals surface area contributed by atoms with Gasteiger partial charge in [-0.15, -0.1) is 0 Å². The predicted molar refractivity (Wildman–Crippen MR) is 82.6 cm³/mol. The summed E-state index contributed by atoms with van der Waals surface area (Å²) in [4.78, 5) is 12.8. The Kier molecular flexibility index (Phi) is 3.58. The van der Waals surface area contributed by atoms with Crippen LogP contribution in [0.15, 0.2) is 36.4 Å². The Labute approximate surface area is 126 Å². The minimum absolute atomic E-state index is 0.232. The molecule has 0 atom stereocenters. The summed E-state index contributed by atoms with van der Waals surface area (Å²) in [7, 11) is 1.64. The third-order valence-corrected chi connectivity index (χ3v) is 3.34. The van der Waals surface area contributed by atoms with Gasteiger partial charge < -0.3 is 10.5 Å². The first kappa shape index (κ1) is 13.6. The molecule has 1 aromatic carbocycles. The lowest BCUT2D eigenvalue weighted by Gasteiger charge is -2.07. The minimum Gasteiger partial charge on any atom is -0.497 e. The van der Waals surface area contributed by atoms with Crippen LogP contribution in [0.25, 0.3) is 11.0 Å². The summed E-state index contributed by atoms with van der Waals surface area (Å²) in [6.45, 7) is 0. The number of hydrogen-bond donors (Lipinski definition) is 1. The van der Waals surface area contributed by atoms with E-state index in [1.165, 1.54) is 0 Å². The van der Waals surface area contributed by atoms with Gasteiger partial charge in [0.25, 0.3) is 0 Å². The van der Waals surface area contributed by atoms with Gasteiger partial charge in [-0.1, -0.05) is 23.7 Å². The van der Waals surface area contributed by atoms with Crippen LogP contribution in [0.3, 0.4) is 0 Å². The number of ether oxygens (including phenoxy) is 1. The van der Waals surface area contributed by atoms with Crippen molar-refractivity contribution in [3.63, 3.8) is 0 Å². The molecule has 0 aliphatic carbocycles. The molecule has 5 nitrogen and oxygen atoms in total. The van der Waals surface area contributed by atoms with Gasteiger partial charge in [0.05, 0.1) is 18.3 Å². The maximum atomic E-state index is 5.96. The van der Waals surface area contributed by atoms with Gasteiger partial charge >= 0.3 is 0 Å². The molecule has 0 unspecified atom stereocenters. The second-order valence-corrected chi connectivity index (χ2v) is 4.94. The zero-order valence-corrected chi connectivity index (χ0v) is 12.1. The predicted octanol–water partition coefficient (Wildman–Crippen LogP) is 2.86. The molecular weight excluding hydrogens is 288 g/mol. The Morgan fingerprint density at radius 1 is 1.05 bits per heavy atom. The molecule has 2 heterocycles. The van der Waals surface area contributed by atoms with Crippen molar-refractivity contribution in [2.75, 3.05) is 12.8 Å². The van der Waals surface area contributed by atoms with Crippen LogP contribution >= 0.6 is 11.6 Å². The van der Waals surface area contributed by atoms with Crippen LogP contribution in [0.5, 0.6) is 5.75 Å². The molecule has 21 heavy (non-hydrogen) atoms. The first-order valence-corrected chi connectivity index (χ1v) is 6.75. The Hall–Kier alpha value is -2.40. The van der Waals surface area contributed by atoms with E-state index in [0.717, 1.165) is 17.0 Å². The molecule has 0 spiro atoms. The van der Waals surface area contributed by atoms with E-state index in [2.05, 4.69) is 15.0 Å². The Balaban J connectivity index is 2.04. The number of hydrogen-bond acceptors (Lipinski definition) is 5. The molecule has 0 aliphatic rings. The van der Waals surface area contributed by atoms with Crippen molar-refractivity contribution in [3.8, 4) is 5.75 Å². The van der Waals surface area contributed by atoms with Gasteiger partial charge in [0, 0.05) is 6.42 Å². The summed E-state index contributed by atoms with van der Waals surface area (Å²) < 4.78 is 5.15. The molecule has 3 aromatic rings. The summed E-state index contributed by atoms with van der Waals surface area (Å²) in [5, 5.41) is 0.409. The Morgan fingerprint density at radius 3 is 2.52 bits per heavy atom. The van der Waals surface area contributed by atoms with Crippen molar-refractivity contribution in [1.29, 1.82) is 0 Å². The number of nitrogens with two attached hydrogens (primary N) is 1. The molecule has 106 valence electrons. The van der Waals surface area contributed by atoms with E-state index in [9.17, 15) is 0 Å². The zero-order chi connectivity index (χ0) is 14.8. The van der Waals surface area contributed by atoms with E-state index in [1.54, 1.807) is 19.2 Å². The standard InChI is InChI=1S/C15H13ClN4O/c1-21-10-4-2-9(3-5-10)8-12-14-11(18-15(17)19-12)6-7-13(16)20-14/h2-7H,8H2,1H3,(H2,17,18,19). The summed E-state index contributed by atoms with van der Waals surface area (Å²) in [6, 6.07) is 11.2. The lowest BCUT2D eigenvalue weighted by atomic mass is 10.1. The van der Waals surface area contributed by atoms with E-state index in [-0.39, 0.29) is 5.95 Å². The summed E-state index contributed by atoms with van der Waals surface area (Å²) in [5.41, 5.74) is 8.96. The van der Waals surface area contributed by atoms with E-state index in [0.29, 0.717) is 22.6 Å². The highest BCUT2D eigenvalue weighted by Crippen LogP contribution is 2.21. The van der Waals surface area contributed by atoms with Crippen molar-refractivity contribution in [3.05, 3.63) is 52.8 Å². The quantitative estimate of drug-likeness (QED) is 0.753. The number of fused-ring (bicyclic) bond motifs is 1. The highest BCUT2D eigenvalue weighted by molar-refractivity contribution is 6.29. The summed E-state index contributed by atoms with van der Waals surface area (Å²) >= 11 is 5.96. The number of halogens is 1. The number of nitrogen functional groups attached to an aromatic ring is 1. The third kappa shape index (κ3) is 2.87. The van der Waals surface area contributed by atoms with Gasteiger partial charge in [0.2, 0.25) is 5.95 Å². The van der Waals surface area contributed by atoms with Crippen LogP contribution in [0.2, 0.25) is 5.15 Å². The number of benzene rings is 1. The second kappa shape index (κ2) is 5.54. The number of anilines is 1. The highest BCUT2D eigenvalue weighted by atomic mass is 35.5. The maximum Gasteiger partial charge on any atom is 0.220 e. The van der Waals surface area contributed by atoms with Gasteiger partial charge in [-0.05, 0) is 29.8 Å². The third-order valence-electron chi connectivity index (χ3n) is 3.13. The molecule has 2 N–H and O–H groups in total. The number of pyridine rings is 1. The number of methoxy groups -OCH3 is 1. The molecular formula is C15H13ClN4O. The van der Waals surface area contributed by atoms with Crippen LogP contribution in [0.4, 0.5) is 5.95 Å². The number of nitrogens with zero attached hydrogens (tertiary/aromatic N) is 3. The van der Waals surface area contributed by atoms with Gasteiger partial charge in [-0.2, -0.15) is 0 Å². The first-order chi connectivity index (χ1) is 10.2. The normalized spacial score (nSPS) is 10.8.